The Hall–Kier alpha value is -1.92. The van der Waals surface area contributed by atoms with Gasteiger partial charge < -0.3 is 15.3 Å². The first-order valence-corrected chi connectivity index (χ1v) is 5.80. The van der Waals surface area contributed by atoms with Gasteiger partial charge in [-0.15, -0.1) is 0 Å². The molecule has 0 aromatic heterocycles. The Morgan fingerprint density at radius 1 is 1.42 bits per heavy atom. The van der Waals surface area contributed by atoms with Crippen molar-refractivity contribution in [3.63, 3.8) is 0 Å². The van der Waals surface area contributed by atoms with Crippen molar-refractivity contribution in [1.29, 1.82) is 0 Å². The van der Waals surface area contributed by atoms with E-state index in [0.29, 0.717) is 25.2 Å². The first-order valence-electron chi connectivity index (χ1n) is 5.80. The lowest BCUT2D eigenvalue weighted by Crippen LogP contribution is -2.30. The molecule has 1 heterocycles. The van der Waals surface area contributed by atoms with Crippen LogP contribution in [-0.4, -0.2) is 30.7 Å². The number of anilines is 2. The molecule has 4 nitrogen and oxygen atoms in total. The fourth-order valence-corrected chi connectivity index (χ4v) is 2.06. The number of nitrogens with one attached hydrogen (secondary N) is 1. The Morgan fingerprint density at radius 2 is 2.16 bits per heavy atom. The Kier molecular flexibility index (Phi) is 3.55. The summed E-state index contributed by atoms with van der Waals surface area (Å²) < 4.78 is 38.1. The predicted molar refractivity (Wildman–Crippen MR) is 64.4 cm³/mol. The highest BCUT2D eigenvalue weighted by atomic mass is 19.4. The molecule has 7 heteroatoms. The highest BCUT2D eigenvalue weighted by Crippen LogP contribution is 2.36. The SMILES string of the molecule is O=C(O)CN1CCCNc2ccc(C(F)(F)F)cc21. The van der Waals surface area contributed by atoms with Gasteiger partial charge in [-0.05, 0) is 24.6 Å². The van der Waals surface area contributed by atoms with Crippen LogP contribution in [0.4, 0.5) is 24.5 Å². The number of rotatable bonds is 2. The molecule has 0 amide bonds. The molecule has 0 aliphatic carbocycles. The van der Waals surface area contributed by atoms with Gasteiger partial charge in [0.05, 0.1) is 16.9 Å². The van der Waals surface area contributed by atoms with Gasteiger partial charge in [0.25, 0.3) is 0 Å². The quantitative estimate of drug-likeness (QED) is 0.869. The fourth-order valence-electron chi connectivity index (χ4n) is 2.06. The molecule has 0 spiro atoms. The molecule has 1 aliphatic rings. The number of carboxylic acids is 1. The zero-order valence-electron chi connectivity index (χ0n) is 10.00. The second-order valence-corrected chi connectivity index (χ2v) is 4.33. The minimum absolute atomic E-state index is 0.287. The van der Waals surface area contributed by atoms with E-state index in [0.717, 1.165) is 12.1 Å². The Balaban J connectivity index is 2.41. The smallest absolute Gasteiger partial charge is 0.416 e. The van der Waals surface area contributed by atoms with Crippen LogP contribution in [0.3, 0.4) is 0 Å². The number of hydrogen-bond acceptors (Lipinski definition) is 3. The summed E-state index contributed by atoms with van der Waals surface area (Å²) in [4.78, 5) is 12.2. The molecule has 0 bridgehead atoms. The Morgan fingerprint density at radius 3 is 2.79 bits per heavy atom. The van der Waals surface area contributed by atoms with Gasteiger partial charge >= 0.3 is 12.1 Å². The zero-order valence-corrected chi connectivity index (χ0v) is 10.00. The number of hydrogen-bond donors (Lipinski definition) is 2. The maximum atomic E-state index is 12.7. The molecular formula is C12H13F3N2O2. The molecule has 0 saturated carbocycles. The van der Waals surface area contributed by atoms with Crippen LogP contribution < -0.4 is 10.2 Å². The lowest BCUT2D eigenvalue weighted by Gasteiger charge is -2.23. The van der Waals surface area contributed by atoms with Crippen molar-refractivity contribution in [3.8, 4) is 0 Å². The third-order valence-electron chi connectivity index (χ3n) is 2.91. The molecule has 0 atom stereocenters. The van der Waals surface area contributed by atoms with Crippen LogP contribution in [0.25, 0.3) is 0 Å². The third kappa shape index (κ3) is 3.10. The van der Waals surface area contributed by atoms with Crippen LogP contribution >= 0.6 is 0 Å². The van der Waals surface area contributed by atoms with Crippen LogP contribution in [0.1, 0.15) is 12.0 Å². The normalized spacial score (nSPS) is 15.4. The molecule has 0 fully saturated rings. The highest BCUT2D eigenvalue weighted by molar-refractivity contribution is 5.79. The summed E-state index contributed by atoms with van der Waals surface area (Å²) in [6, 6.07) is 3.34. The standard InChI is InChI=1S/C12H13F3N2O2/c13-12(14,15)8-2-3-9-10(6-8)17(7-11(18)19)5-1-4-16-9/h2-3,6,16H,1,4-5,7H2,(H,18,19). The van der Waals surface area contributed by atoms with E-state index < -0.39 is 17.7 Å². The minimum Gasteiger partial charge on any atom is -0.480 e. The van der Waals surface area contributed by atoms with Crippen LogP contribution in [0.15, 0.2) is 18.2 Å². The third-order valence-corrected chi connectivity index (χ3v) is 2.91. The van der Waals surface area contributed by atoms with E-state index in [1.165, 1.54) is 11.0 Å². The molecule has 0 unspecified atom stereocenters. The summed E-state index contributed by atoms with van der Waals surface area (Å²) in [5.41, 5.74) is 0.0480. The lowest BCUT2D eigenvalue weighted by atomic mass is 10.1. The Bertz CT molecular complexity index is 488. The van der Waals surface area contributed by atoms with Crippen LogP contribution in [0.2, 0.25) is 0 Å². The minimum atomic E-state index is -4.43. The highest BCUT2D eigenvalue weighted by Gasteiger charge is 2.32. The van der Waals surface area contributed by atoms with Crippen molar-refractivity contribution in [2.75, 3.05) is 29.9 Å². The number of carbonyl (C=O) groups is 1. The number of benzene rings is 1. The number of halogens is 3. The van der Waals surface area contributed by atoms with Crippen LogP contribution in [0, 0.1) is 0 Å². The molecule has 104 valence electrons. The summed E-state index contributed by atoms with van der Waals surface area (Å²) in [5, 5.41) is 11.8. The van der Waals surface area contributed by atoms with Gasteiger partial charge in [0.2, 0.25) is 0 Å². The van der Waals surface area contributed by atoms with E-state index in [-0.39, 0.29) is 12.2 Å². The first-order chi connectivity index (χ1) is 8.88. The maximum absolute atomic E-state index is 12.7. The maximum Gasteiger partial charge on any atom is 0.416 e. The molecule has 0 saturated heterocycles. The lowest BCUT2D eigenvalue weighted by molar-refractivity contribution is -0.137. The van der Waals surface area contributed by atoms with Gasteiger partial charge in [-0.2, -0.15) is 13.2 Å². The molecule has 0 radical (unpaired) electrons. The topological polar surface area (TPSA) is 52.6 Å². The summed E-state index contributed by atoms with van der Waals surface area (Å²) >= 11 is 0. The van der Waals surface area contributed by atoms with E-state index in [4.69, 9.17) is 5.11 Å². The van der Waals surface area contributed by atoms with Crippen molar-refractivity contribution >= 4 is 17.3 Å². The summed E-state index contributed by atoms with van der Waals surface area (Å²) in [6.45, 7) is 0.706. The van der Waals surface area contributed by atoms with Crippen molar-refractivity contribution in [2.24, 2.45) is 0 Å². The van der Waals surface area contributed by atoms with Crippen molar-refractivity contribution in [3.05, 3.63) is 23.8 Å². The number of fused-ring (bicyclic) bond motifs is 1. The fraction of sp³-hybridized carbons (Fsp3) is 0.417. The number of nitrogens with zero attached hydrogens (tertiary/aromatic N) is 1. The molecule has 2 rings (SSSR count). The largest absolute Gasteiger partial charge is 0.480 e. The molecule has 19 heavy (non-hydrogen) atoms. The number of carboxylic acid groups (broad SMARTS) is 1. The summed E-state index contributed by atoms with van der Waals surface area (Å²) in [7, 11) is 0. The van der Waals surface area contributed by atoms with E-state index in [1.807, 2.05) is 0 Å². The van der Waals surface area contributed by atoms with Gasteiger partial charge in [0.15, 0.2) is 0 Å². The van der Waals surface area contributed by atoms with Crippen molar-refractivity contribution < 1.29 is 23.1 Å². The molecular weight excluding hydrogens is 261 g/mol. The van der Waals surface area contributed by atoms with Gasteiger partial charge in [-0.25, -0.2) is 0 Å². The molecule has 1 aliphatic heterocycles. The number of alkyl halides is 3. The summed E-state index contributed by atoms with van der Waals surface area (Å²) in [5.74, 6) is -1.06. The monoisotopic (exact) mass is 274 g/mol. The first kappa shape index (κ1) is 13.5. The molecule has 1 aromatic rings. The van der Waals surface area contributed by atoms with E-state index in [9.17, 15) is 18.0 Å². The average molecular weight is 274 g/mol. The number of aliphatic carboxylic acids is 1. The second kappa shape index (κ2) is 4.99. The average Bonchev–Trinajstić information content (AvgIpc) is 2.49. The van der Waals surface area contributed by atoms with Crippen LogP contribution in [0.5, 0.6) is 0 Å². The van der Waals surface area contributed by atoms with E-state index >= 15 is 0 Å². The van der Waals surface area contributed by atoms with Gasteiger partial charge in [-0.1, -0.05) is 0 Å². The second-order valence-electron chi connectivity index (χ2n) is 4.33. The molecule has 2 N–H and O–H groups in total. The zero-order chi connectivity index (χ0) is 14.0. The predicted octanol–water partition coefficient (Wildman–Crippen LogP) is 2.41. The van der Waals surface area contributed by atoms with Gasteiger partial charge in [0, 0.05) is 13.1 Å². The van der Waals surface area contributed by atoms with Gasteiger partial charge in [0.1, 0.15) is 6.54 Å². The summed E-state index contributed by atoms with van der Waals surface area (Å²) in [6.07, 6.45) is -3.76. The molecule has 1 aromatic carbocycles. The van der Waals surface area contributed by atoms with E-state index in [1.54, 1.807) is 0 Å². The van der Waals surface area contributed by atoms with Crippen molar-refractivity contribution in [1.82, 2.24) is 0 Å². The Labute approximate surface area is 107 Å². The van der Waals surface area contributed by atoms with E-state index in [2.05, 4.69) is 5.32 Å². The van der Waals surface area contributed by atoms with Crippen molar-refractivity contribution in [2.45, 2.75) is 12.6 Å². The van der Waals surface area contributed by atoms with Crippen LogP contribution in [-0.2, 0) is 11.0 Å². The van der Waals surface area contributed by atoms with Gasteiger partial charge in [-0.3, -0.25) is 4.79 Å².